The molecule has 19 nitrogen and oxygen atoms in total. The van der Waals surface area contributed by atoms with Crippen LogP contribution in [0.3, 0.4) is 0 Å². The Morgan fingerprint density at radius 2 is 1.45 bits per heavy atom. The van der Waals surface area contributed by atoms with Crippen LogP contribution in [0.4, 0.5) is 0 Å². The largest absolute Gasteiger partial charge is 0.394 e. The van der Waals surface area contributed by atoms with E-state index in [0.717, 1.165) is 7.11 Å². The minimum Gasteiger partial charge on any atom is -0.394 e. The summed E-state index contributed by atoms with van der Waals surface area (Å²) in [6, 6.07) is -3.94. The van der Waals surface area contributed by atoms with Crippen LogP contribution < -0.4 is 28.3 Å². The molecule has 1 aliphatic carbocycles. The lowest BCUT2D eigenvalue weighted by Crippen LogP contribution is -2.66. The number of nitrogens with one attached hydrogen (secondary N) is 1. The van der Waals surface area contributed by atoms with Crippen molar-refractivity contribution < 1.29 is 59.4 Å². The second-order valence-corrected chi connectivity index (χ2v) is 9.84. The van der Waals surface area contributed by atoms with Crippen molar-refractivity contribution in [2.45, 2.75) is 98.4 Å². The fourth-order valence-electron chi connectivity index (χ4n) is 5.15. The number of aliphatic hydroxyl groups excluding tert-OH is 6. The van der Waals surface area contributed by atoms with E-state index in [4.69, 9.17) is 46.6 Å². The molecule has 19 heteroatoms. The zero-order chi connectivity index (χ0) is 30.1. The molecule has 0 amide bonds. The van der Waals surface area contributed by atoms with E-state index < -0.39 is 110 Å². The normalized spacial score (nSPS) is 47.5. The molecule has 3 rings (SSSR count). The first-order valence-electron chi connectivity index (χ1n) is 12.5. The van der Waals surface area contributed by atoms with E-state index in [1.807, 2.05) is 0 Å². The zero-order valence-electron chi connectivity index (χ0n) is 22.2. The SMILES string of the molecule is CNC1[C@@H](O[C@@H]2C(O[C@H]3C(O)C(O)[C@H](N=C(N)N)C(O)[C@H]3N=C(N)N)OC(C)[C@@]2(O)OC)OC(CO)[C@@H](O)[C@@H]1O. The molecule has 0 aromatic carbocycles. The molecule has 0 bridgehead atoms. The van der Waals surface area contributed by atoms with E-state index in [1.54, 1.807) is 0 Å². The van der Waals surface area contributed by atoms with E-state index in [1.165, 1.54) is 14.0 Å². The predicted octanol–water partition coefficient (Wildman–Crippen LogP) is -7.76. The van der Waals surface area contributed by atoms with Crippen LogP contribution in [0, 0.1) is 0 Å². The van der Waals surface area contributed by atoms with Crippen molar-refractivity contribution in [2.75, 3.05) is 20.8 Å². The summed E-state index contributed by atoms with van der Waals surface area (Å²) >= 11 is 0. The van der Waals surface area contributed by atoms with Gasteiger partial charge in [0.15, 0.2) is 30.6 Å². The third-order valence-corrected chi connectivity index (χ3v) is 7.36. The third kappa shape index (κ3) is 6.11. The molecule has 1 saturated carbocycles. The van der Waals surface area contributed by atoms with Gasteiger partial charge in [0.1, 0.15) is 60.9 Å². The lowest BCUT2D eigenvalue weighted by molar-refractivity contribution is -0.338. The van der Waals surface area contributed by atoms with Crippen LogP contribution >= 0.6 is 0 Å². The van der Waals surface area contributed by atoms with Crippen molar-refractivity contribution in [1.29, 1.82) is 0 Å². The lowest BCUT2D eigenvalue weighted by atomic mass is 9.81. The number of guanidine groups is 2. The maximum atomic E-state index is 11.3. The summed E-state index contributed by atoms with van der Waals surface area (Å²) in [5.74, 6) is -3.18. The maximum Gasteiger partial charge on any atom is 0.224 e. The van der Waals surface area contributed by atoms with Crippen molar-refractivity contribution in [3.05, 3.63) is 0 Å². The number of methoxy groups -OCH3 is 1. The van der Waals surface area contributed by atoms with Gasteiger partial charge in [-0.2, -0.15) is 0 Å². The highest BCUT2D eigenvalue weighted by Gasteiger charge is 2.61. The van der Waals surface area contributed by atoms with Crippen molar-refractivity contribution in [1.82, 2.24) is 5.32 Å². The van der Waals surface area contributed by atoms with Gasteiger partial charge >= 0.3 is 0 Å². The van der Waals surface area contributed by atoms with Gasteiger partial charge in [-0.05, 0) is 14.0 Å². The number of rotatable bonds is 9. The molecule has 40 heavy (non-hydrogen) atoms. The minimum atomic E-state index is -2.20. The molecule has 16 N–H and O–H groups in total. The highest BCUT2D eigenvalue weighted by Crippen LogP contribution is 2.39. The lowest BCUT2D eigenvalue weighted by Gasteiger charge is -2.45. The van der Waals surface area contributed by atoms with E-state index in [-0.39, 0.29) is 0 Å². The summed E-state index contributed by atoms with van der Waals surface area (Å²) in [6.45, 7) is 0.765. The molecule has 232 valence electrons. The molecule has 2 saturated heterocycles. The fourth-order valence-corrected chi connectivity index (χ4v) is 5.15. The minimum absolute atomic E-state index is 0.482. The third-order valence-electron chi connectivity index (χ3n) is 7.36. The summed E-state index contributed by atoms with van der Waals surface area (Å²) in [5.41, 5.74) is 21.9. The van der Waals surface area contributed by atoms with Crippen molar-refractivity contribution in [3.8, 4) is 0 Å². The molecule has 2 heterocycles. The van der Waals surface area contributed by atoms with Gasteiger partial charge in [0, 0.05) is 7.11 Å². The molecule has 3 fully saturated rings. The second-order valence-electron chi connectivity index (χ2n) is 9.84. The van der Waals surface area contributed by atoms with Crippen LogP contribution in [0.2, 0.25) is 0 Å². The molecule has 2 aliphatic heterocycles. The summed E-state index contributed by atoms with van der Waals surface area (Å²) in [4.78, 5) is 7.69. The molecule has 0 spiro atoms. The van der Waals surface area contributed by atoms with E-state index in [9.17, 15) is 35.7 Å². The molecule has 0 radical (unpaired) electrons. The number of aliphatic hydroxyl groups is 7. The van der Waals surface area contributed by atoms with Gasteiger partial charge in [0.25, 0.3) is 0 Å². The Labute approximate surface area is 229 Å². The smallest absolute Gasteiger partial charge is 0.224 e. The Balaban J connectivity index is 1.96. The van der Waals surface area contributed by atoms with Gasteiger partial charge in [-0.3, -0.25) is 0 Å². The Morgan fingerprint density at radius 1 is 0.850 bits per heavy atom. The summed E-state index contributed by atoms with van der Waals surface area (Å²) in [6.07, 6.45) is -16.7. The molecule has 15 atom stereocenters. The number of hydrogen-bond acceptors (Lipinski definition) is 15. The molecular weight excluding hydrogens is 542 g/mol. The van der Waals surface area contributed by atoms with Crippen LogP contribution in [-0.2, 0) is 23.7 Å². The fraction of sp³-hybridized carbons (Fsp3) is 0.905. The summed E-state index contributed by atoms with van der Waals surface area (Å²) in [5, 5.41) is 77.0. The highest BCUT2D eigenvalue weighted by atomic mass is 16.8. The quantitative estimate of drug-likeness (QED) is 0.0680. The molecule has 0 aromatic rings. The number of nitrogens with two attached hydrogens (primary N) is 4. The Bertz CT molecular complexity index is 911. The van der Waals surface area contributed by atoms with Crippen LogP contribution in [0.15, 0.2) is 9.98 Å². The second kappa shape index (κ2) is 12.9. The zero-order valence-corrected chi connectivity index (χ0v) is 22.2. The number of nitrogens with zero attached hydrogens (tertiary/aromatic N) is 2. The molecule has 0 aromatic heterocycles. The van der Waals surface area contributed by atoms with Gasteiger partial charge in [0.05, 0.1) is 12.6 Å². The van der Waals surface area contributed by atoms with Crippen LogP contribution in [0.1, 0.15) is 6.92 Å². The van der Waals surface area contributed by atoms with Gasteiger partial charge in [-0.25, -0.2) is 9.98 Å². The van der Waals surface area contributed by atoms with Gasteiger partial charge < -0.3 is 87.7 Å². The van der Waals surface area contributed by atoms with Gasteiger partial charge in [0.2, 0.25) is 5.79 Å². The summed E-state index contributed by atoms with van der Waals surface area (Å²) < 4.78 is 28.6. The van der Waals surface area contributed by atoms with Crippen LogP contribution in [0.5, 0.6) is 0 Å². The van der Waals surface area contributed by atoms with Crippen LogP contribution in [0.25, 0.3) is 0 Å². The van der Waals surface area contributed by atoms with E-state index in [2.05, 4.69) is 15.3 Å². The van der Waals surface area contributed by atoms with Gasteiger partial charge in [-0.1, -0.05) is 0 Å². The number of aliphatic imine (C=N–C) groups is 2. The standard InChI is InChI=1S/C21H41N7O12/c1-5-21(35,36-3)16(40-17-9(26-2)13(33)10(30)6(4-29)38-17)18(37-5)39-15-8(28-20(24)25)11(31)7(27-19(22)23)12(32)14(15)34/h5-18,26,29-35H,4H2,1-3H3,(H4,22,23,27)(H4,24,25,28)/t5?,6?,7-,8-,9?,10-,11?,12?,13-,14?,15-,16-,17-,18?,21-/m1/s1. The first-order valence-corrected chi connectivity index (χ1v) is 12.5. The number of ether oxygens (including phenoxy) is 5. The maximum absolute atomic E-state index is 11.3. The summed E-state index contributed by atoms with van der Waals surface area (Å²) in [7, 11) is 2.62. The van der Waals surface area contributed by atoms with Crippen molar-refractivity contribution in [3.63, 3.8) is 0 Å². The first kappa shape index (κ1) is 32.5. The highest BCUT2D eigenvalue weighted by molar-refractivity contribution is 5.76. The van der Waals surface area contributed by atoms with Crippen molar-refractivity contribution >= 4 is 11.9 Å². The average molecular weight is 584 g/mol. The molecule has 3 aliphatic rings. The monoisotopic (exact) mass is 583 g/mol. The molecule has 7 unspecified atom stereocenters. The average Bonchev–Trinajstić information content (AvgIpc) is 3.13. The van der Waals surface area contributed by atoms with Crippen LogP contribution in [-0.4, -0.2) is 160 Å². The Morgan fingerprint density at radius 3 is 1.98 bits per heavy atom. The van der Waals surface area contributed by atoms with Crippen molar-refractivity contribution in [2.24, 2.45) is 32.9 Å². The Kier molecular flexibility index (Phi) is 10.5. The number of hydrogen-bond donors (Lipinski definition) is 12. The predicted molar refractivity (Wildman–Crippen MR) is 134 cm³/mol. The topological polar surface area (TPSA) is 329 Å². The molecular formula is C21H41N7O12. The first-order chi connectivity index (χ1) is 18.7. The van der Waals surface area contributed by atoms with E-state index >= 15 is 0 Å². The van der Waals surface area contributed by atoms with E-state index in [0.29, 0.717) is 0 Å². The number of likely N-dealkylation sites (N-methyl/N-ethyl adjacent to an activating group) is 1. The Hall–Kier alpha value is -1.98. The van der Waals surface area contributed by atoms with Gasteiger partial charge in [-0.15, -0.1) is 0 Å².